The van der Waals surface area contributed by atoms with Gasteiger partial charge in [-0.25, -0.2) is 0 Å². The Kier molecular flexibility index (Phi) is 7.10. The molecule has 1 rings (SSSR count). The second-order valence-electron chi connectivity index (χ2n) is 3.86. The number of nitrogens with one attached hydrogen (secondary N) is 1. The van der Waals surface area contributed by atoms with Crippen LogP contribution in [-0.4, -0.2) is 31.3 Å². The average molecular weight is 285 g/mol. The highest BCUT2D eigenvalue weighted by Crippen LogP contribution is 2.13. The van der Waals surface area contributed by atoms with E-state index in [9.17, 15) is 9.59 Å². The molecule has 0 radical (unpaired) electrons. The van der Waals surface area contributed by atoms with Crippen molar-refractivity contribution in [3.8, 4) is 0 Å². The largest absolute Gasteiger partial charge is 0.466 e. The molecule has 0 saturated carbocycles. The fraction of sp³-hybridized carbons (Fsp3) is 0.538. The number of carbonyl (C=O) groups is 2. The molecule has 1 aromatic rings. The minimum atomic E-state index is -0.254. The summed E-state index contributed by atoms with van der Waals surface area (Å²) >= 11 is 1.63. The van der Waals surface area contributed by atoms with Crippen LogP contribution in [0.3, 0.4) is 0 Å². The third-order valence-corrected chi connectivity index (χ3v) is 2.89. The SMILES string of the molecule is CCOC(=O)CCCNC(=O)c1ccc(CSC)o1. The Balaban J connectivity index is 2.25. The molecule has 0 atom stereocenters. The predicted molar refractivity (Wildman–Crippen MR) is 74.1 cm³/mol. The fourth-order valence-corrected chi connectivity index (χ4v) is 1.91. The minimum absolute atomic E-state index is 0.239. The number of thioether (sulfide) groups is 1. The van der Waals surface area contributed by atoms with Gasteiger partial charge in [0, 0.05) is 13.0 Å². The lowest BCUT2D eigenvalue weighted by Gasteiger charge is -2.03. The number of hydrogen-bond acceptors (Lipinski definition) is 5. The zero-order valence-electron chi connectivity index (χ0n) is 11.2. The van der Waals surface area contributed by atoms with Crippen molar-refractivity contribution in [2.24, 2.45) is 0 Å². The summed E-state index contributed by atoms with van der Waals surface area (Å²) in [6.45, 7) is 2.58. The molecule has 0 bridgehead atoms. The lowest BCUT2D eigenvalue weighted by atomic mass is 10.3. The van der Waals surface area contributed by atoms with Crippen molar-refractivity contribution >= 4 is 23.6 Å². The van der Waals surface area contributed by atoms with Gasteiger partial charge in [0.25, 0.3) is 5.91 Å². The van der Waals surface area contributed by atoms with Gasteiger partial charge in [-0.3, -0.25) is 9.59 Å². The molecule has 0 fully saturated rings. The average Bonchev–Trinajstić information content (AvgIpc) is 2.84. The monoisotopic (exact) mass is 285 g/mol. The van der Waals surface area contributed by atoms with Gasteiger partial charge in [-0.1, -0.05) is 0 Å². The van der Waals surface area contributed by atoms with Gasteiger partial charge in [-0.05, 0) is 31.7 Å². The van der Waals surface area contributed by atoms with Crippen LogP contribution < -0.4 is 5.32 Å². The molecule has 6 heteroatoms. The number of carbonyl (C=O) groups excluding carboxylic acids is 2. The van der Waals surface area contributed by atoms with Crippen LogP contribution in [0.1, 0.15) is 36.1 Å². The second-order valence-corrected chi connectivity index (χ2v) is 4.73. The summed E-state index contributed by atoms with van der Waals surface area (Å²) in [7, 11) is 0. The molecule has 106 valence electrons. The van der Waals surface area contributed by atoms with E-state index in [1.807, 2.05) is 6.26 Å². The molecule has 0 spiro atoms. The molecule has 1 N–H and O–H groups in total. The normalized spacial score (nSPS) is 10.2. The molecule has 1 aromatic heterocycles. The smallest absolute Gasteiger partial charge is 0.305 e. The predicted octanol–water partition coefficient (Wildman–Crippen LogP) is 2.22. The fourth-order valence-electron chi connectivity index (χ4n) is 1.47. The maximum Gasteiger partial charge on any atom is 0.305 e. The van der Waals surface area contributed by atoms with E-state index >= 15 is 0 Å². The summed E-state index contributed by atoms with van der Waals surface area (Å²) in [4.78, 5) is 22.8. The quantitative estimate of drug-likeness (QED) is 0.586. The molecule has 0 unspecified atom stereocenters. The Labute approximate surface area is 117 Å². The van der Waals surface area contributed by atoms with Gasteiger partial charge in [-0.2, -0.15) is 11.8 Å². The molecule has 5 nitrogen and oxygen atoms in total. The third-order valence-electron chi connectivity index (χ3n) is 2.32. The van der Waals surface area contributed by atoms with E-state index in [1.54, 1.807) is 30.8 Å². The van der Waals surface area contributed by atoms with Crippen LogP contribution in [0, 0.1) is 0 Å². The van der Waals surface area contributed by atoms with E-state index in [0.29, 0.717) is 31.8 Å². The molecular weight excluding hydrogens is 266 g/mol. The van der Waals surface area contributed by atoms with E-state index < -0.39 is 0 Å². The van der Waals surface area contributed by atoms with Gasteiger partial charge < -0.3 is 14.5 Å². The zero-order chi connectivity index (χ0) is 14.1. The summed E-state index contributed by atoms with van der Waals surface area (Å²) in [5, 5.41) is 2.70. The van der Waals surface area contributed by atoms with Crippen molar-refractivity contribution in [3.05, 3.63) is 23.7 Å². The maximum absolute atomic E-state index is 11.7. The number of ether oxygens (including phenoxy) is 1. The lowest BCUT2D eigenvalue weighted by Crippen LogP contribution is -2.24. The van der Waals surface area contributed by atoms with E-state index in [1.165, 1.54) is 0 Å². The molecule has 1 amide bonds. The van der Waals surface area contributed by atoms with Crippen LogP contribution in [0.4, 0.5) is 0 Å². The topological polar surface area (TPSA) is 68.5 Å². The summed E-state index contributed by atoms with van der Waals surface area (Å²) in [5.74, 6) is 1.34. The number of rotatable bonds is 8. The van der Waals surface area contributed by atoms with Crippen molar-refractivity contribution in [2.75, 3.05) is 19.4 Å². The standard InChI is InChI=1S/C13H19NO4S/c1-3-17-12(15)5-4-8-14-13(16)11-7-6-10(18-11)9-19-2/h6-7H,3-5,8-9H2,1-2H3,(H,14,16). The van der Waals surface area contributed by atoms with Gasteiger partial charge in [0.05, 0.1) is 12.4 Å². The molecular formula is C13H19NO4S. The first kappa shape index (κ1) is 15.6. The van der Waals surface area contributed by atoms with E-state index in [2.05, 4.69) is 5.32 Å². The van der Waals surface area contributed by atoms with E-state index in [4.69, 9.17) is 9.15 Å². The number of esters is 1. The Hall–Kier alpha value is -1.43. The van der Waals surface area contributed by atoms with Gasteiger partial charge in [0.15, 0.2) is 5.76 Å². The number of amides is 1. The third kappa shape index (κ3) is 5.83. The van der Waals surface area contributed by atoms with Crippen LogP contribution in [0.2, 0.25) is 0 Å². The van der Waals surface area contributed by atoms with Crippen LogP contribution >= 0.6 is 11.8 Å². The molecule has 0 aliphatic carbocycles. The zero-order valence-corrected chi connectivity index (χ0v) is 12.0. The molecule has 19 heavy (non-hydrogen) atoms. The maximum atomic E-state index is 11.7. The molecule has 0 aliphatic rings. The Morgan fingerprint density at radius 3 is 2.89 bits per heavy atom. The molecule has 0 aromatic carbocycles. The van der Waals surface area contributed by atoms with Crippen molar-refractivity contribution < 1.29 is 18.7 Å². The number of furan rings is 1. The summed E-state index contributed by atoms with van der Waals surface area (Å²) in [6.07, 6.45) is 2.84. The van der Waals surface area contributed by atoms with E-state index in [-0.39, 0.29) is 11.9 Å². The molecule has 0 saturated heterocycles. The van der Waals surface area contributed by atoms with Gasteiger partial charge >= 0.3 is 5.97 Å². The summed E-state index contributed by atoms with van der Waals surface area (Å²) < 4.78 is 10.2. The van der Waals surface area contributed by atoms with Crippen LogP contribution in [0.25, 0.3) is 0 Å². The van der Waals surface area contributed by atoms with Crippen molar-refractivity contribution in [1.82, 2.24) is 5.32 Å². The number of hydrogen-bond donors (Lipinski definition) is 1. The van der Waals surface area contributed by atoms with Gasteiger partial charge in [0.1, 0.15) is 5.76 Å². The molecule has 1 heterocycles. The van der Waals surface area contributed by atoms with E-state index in [0.717, 1.165) is 11.5 Å². The first-order chi connectivity index (χ1) is 9.17. The van der Waals surface area contributed by atoms with Crippen LogP contribution in [0.15, 0.2) is 16.5 Å². The van der Waals surface area contributed by atoms with Crippen LogP contribution in [0.5, 0.6) is 0 Å². The highest BCUT2D eigenvalue weighted by atomic mass is 32.2. The Morgan fingerprint density at radius 1 is 1.42 bits per heavy atom. The summed E-state index contributed by atoms with van der Waals surface area (Å²) in [6, 6.07) is 3.45. The lowest BCUT2D eigenvalue weighted by molar-refractivity contribution is -0.143. The first-order valence-electron chi connectivity index (χ1n) is 6.18. The van der Waals surface area contributed by atoms with Crippen molar-refractivity contribution in [3.63, 3.8) is 0 Å². The molecule has 0 aliphatic heterocycles. The highest BCUT2D eigenvalue weighted by Gasteiger charge is 2.10. The van der Waals surface area contributed by atoms with Gasteiger partial charge in [-0.15, -0.1) is 0 Å². The Morgan fingerprint density at radius 2 is 2.21 bits per heavy atom. The van der Waals surface area contributed by atoms with Gasteiger partial charge in [0.2, 0.25) is 0 Å². The summed E-state index contributed by atoms with van der Waals surface area (Å²) in [5.41, 5.74) is 0. The highest BCUT2D eigenvalue weighted by molar-refractivity contribution is 7.97. The van der Waals surface area contributed by atoms with Crippen molar-refractivity contribution in [1.29, 1.82) is 0 Å². The van der Waals surface area contributed by atoms with Crippen molar-refractivity contribution in [2.45, 2.75) is 25.5 Å². The second kappa shape index (κ2) is 8.63. The van der Waals surface area contributed by atoms with Crippen LogP contribution in [-0.2, 0) is 15.3 Å². The Bertz CT molecular complexity index is 417. The minimum Gasteiger partial charge on any atom is -0.466 e. The first-order valence-corrected chi connectivity index (χ1v) is 7.58.